The Hall–Kier alpha value is -2.70. The Morgan fingerprint density at radius 3 is 2.83 bits per heavy atom. The third-order valence-corrected chi connectivity index (χ3v) is 2.80. The fourth-order valence-electron chi connectivity index (χ4n) is 1.83. The van der Waals surface area contributed by atoms with Gasteiger partial charge < -0.3 is 5.21 Å². The number of hydrogen-bond acceptors (Lipinski definition) is 4. The van der Waals surface area contributed by atoms with Crippen molar-refractivity contribution in [3.63, 3.8) is 0 Å². The molecule has 0 saturated carbocycles. The van der Waals surface area contributed by atoms with Crippen LogP contribution in [0.15, 0.2) is 33.9 Å². The molecule has 0 aliphatic heterocycles. The zero-order chi connectivity index (χ0) is 12.9. The van der Waals surface area contributed by atoms with Crippen LogP contribution in [0.1, 0.15) is 0 Å². The van der Waals surface area contributed by atoms with Crippen LogP contribution in [0.5, 0.6) is 0 Å². The number of nitrogens with zero attached hydrogens (tertiary/aromatic N) is 3. The topological polar surface area (TPSA) is 94.7 Å². The first-order valence-corrected chi connectivity index (χ1v) is 5.21. The fourth-order valence-corrected chi connectivity index (χ4v) is 1.83. The Bertz CT molecular complexity index is 894. The van der Waals surface area contributed by atoms with E-state index in [1.807, 2.05) is 0 Å². The van der Waals surface area contributed by atoms with Gasteiger partial charge in [0.25, 0.3) is 0 Å². The van der Waals surface area contributed by atoms with E-state index in [0.717, 1.165) is 4.57 Å². The van der Waals surface area contributed by atoms with E-state index >= 15 is 0 Å². The van der Waals surface area contributed by atoms with Crippen LogP contribution in [-0.4, -0.2) is 14.5 Å². The van der Waals surface area contributed by atoms with Gasteiger partial charge in [0.05, 0.1) is 0 Å². The second kappa shape index (κ2) is 3.39. The molecule has 0 fully saturated rings. The van der Waals surface area contributed by atoms with Gasteiger partial charge in [0.15, 0.2) is 0 Å². The summed E-state index contributed by atoms with van der Waals surface area (Å²) >= 11 is 0. The summed E-state index contributed by atoms with van der Waals surface area (Å²) in [7, 11) is 1.30. The van der Waals surface area contributed by atoms with Gasteiger partial charge in [-0.25, -0.2) is 9.78 Å². The molecule has 0 radical (unpaired) electrons. The van der Waals surface area contributed by atoms with E-state index in [1.54, 1.807) is 24.3 Å². The van der Waals surface area contributed by atoms with E-state index in [-0.39, 0.29) is 16.7 Å². The van der Waals surface area contributed by atoms with Crippen LogP contribution >= 0.6 is 0 Å². The normalized spacial score (nSPS) is 11.2. The molecule has 0 saturated heterocycles. The molecule has 0 amide bonds. The Kier molecular flexibility index (Phi) is 1.97. The maximum absolute atomic E-state index is 12.1. The van der Waals surface area contributed by atoms with Crippen molar-refractivity contribution in [2.24, 2.45) is 7.05 Å². The molecule has 0 atom stereocenters. The first kappa shape index (κ1) is 10.5. The smallest absolute Gasteiger partial charge is 0.331 e. The van der Waals surface area contributed by atoms with Crippen LogP contribution in [0.3, 0.4) is 0 Å². The highest BCUT2D eigenvalue weighted by Crippen LogP contribution is 2.08. The van der Waals surface area contributed by atoms with E-state index in [9.17, 15) is 14.8 Å². The number of H-pyrrole nitrogens is 1. The number of aromatic nitrogens is 4. The van der Waals surface area contributed by atoms with E-state index < -0.39 is 11.2 Å². The molecule has 2 heterocycles. The van der Waals surface area contributed by atoms with Crippen LogP contribution in [-0.2, 0) is 7.05 Å². The lowest BCUT2D eigenvalue weighted by molar-refractivity contribution is -0.549. The summed E-state index contributed by atoms with van der Waals surface area (Å²) in [5, 5.41) is 12.1. The lowest BCUT2D eigenvalue weighted by Gasteiger charge is -2.04. The van der Waals surface area contributed by atoms with Crippen LogP contribution < -0.4 is 16.0 Å². The second-order valence-electron chi connectivity index (χ2n) is 3.89. The number of hydrogen-bond donors (Lipinski definition) is 1. The lowest BCUT2D eigenvalue weighted by atomic mass is 10.3. The summed E-state index contributed by atoms with van der Waals surface area (Å²) in [6.45, 7) is 0. The van der Waals surface area contributed by atoms with E-state index in [1.165, 1.54) is 7.05 Å². The summed E-state index contributed by atoms with van der Waals surface area (Å²) in [5.41, 5.74) is -0.733. The molecule has 18 heavy (non-hydrogen) atoms. The highest BCUT2D eigenvalue weighted by Gasteiger charge is 2.17. The number of fused-ring (bicyclic) bond motifs is 2. The minimum Gasteiger partial charge on any atom is -0.618 e. The third kappa shape index (κ3) is 1.24. The van der Waals surface area contributed by atoms with E-state index in [0.29, 0.717) is 10.2 Å². The number of benzene rings is 1. The van der Waals surface area contributed by atoms with Gasteiger partial charge >= 0.3 is 16.8 Å². The average Bonchev–Trinajstić information content (AvgIpc) is 2.36. The Balaban J connectivity index is 2.70. The first-order chi connectivity index (χ1) is 8.59. The standard InChI is InChI=1S/C11H8N4O3/c1-14-10(16)8-9(13-11(14)17)12-6-4-2-3-5-7(6)15(8)18/h2-5H,1H3,(H,12,13,17). The fraction of sp³-hybridized carbons (Fsp3) is 0.0909. The number of para-hydroxylation sites is 2. The van der Waals surface area contributed by atoms with Crippen molar-refractivity contribution in [1.82, 2.24) is 14.5 Å². The van der Waals surface area contributed by atoms with Gasteiger partial charge in [-0.15, -0.1) is 0 Å². The SMILES string of the molecule is Cn1c(=O)[nH]c2nc3ccccc3[n+]([O-])c2c1=O. The van der Waals surface area contributed by atoms with Crippen LogP contribution in [0.25, 0.3) is 22.2 Å². The zero-order valence-electron chi connectivity index (χ0n) is 9.38. The summed E-state index contributed by atoms with van der Waals surface area (Å²) < 4.78 is 1.34. The molecule has 3 aromatic rings. The summed E-state index contributed by atoms with van der Waals surface area (Å²) in [6, 6.07) is 6.61. The monoisotopic (exact) mass is 244 g/mol. The molecule has 3 rings (SSSR count). The van der Waals surface area contributed by atoms with Crippen LogP contribution in [0, 0.1) is 5.21 Å². The van der Waals surface area contributed by atoms with Crippen LogP contribution in [0.4, 0.5) is 0 Å². The lowest BCUT2D eigenvalue weighted by Crippen LogP contribution is -2.41. The van der Waals surface area contributed by atoms with Gasteiger partial charge in [-0.1, -0.05) is 12.1 Å². The Labute approximate surface area is 99.5 Å². The predicted octanol–water partition coefficient (Wildman–Crippen LogP) is -0.592. The molecule has 90 valence electrons. The third-order valence-electron chi connectivity index (χ3n) is 2.80. The Morgan fingerprint density at radius 2 is 2.06 bits per heavy atom. The largest absolute Gasteiger partial charge is 0.618 e. The van der Waals surface area contributed by atoms with Crippen molar-refractivity contribution in [3.8, 4) is 0 Å². The summed E-state index contributed by atoms with van der Waals surface area (Å²) in [5.74, 6) is 0. The van der Waals surface area contributed by atoms with Gasteiger partial charge in [0.1, 0.15) is 5.52 Å². The molecule has 0 aliphatic rings. The van der Waals surface area contributed by atoms with E-state index in [4.69, 9.17) is 0 Å². The van der Waals surface area contributed by atoms with Gasteiger partial charge in [-0.2, -0.15) is 4.73 Å². The van der Waals surface area contributed by atoms with Crippen molar-refractivity contribution in [3.05, 3.63) is 50.3 Å². The molecular weight excluding hydrogens is 236 g/mol. The minimum atomic E-state index is -0.665. The van der Waals surface area contributed by atoms with Crippen molar-refractivity contribution in [2.45, 2.75) is 0 Å². The zero-order valence-corrected chi connectivity index (χ0v) is 9.38. The maximum Gasteiger partial charge on any atom is 0.331 e. The summed E-state index contributed by atoms with van der Waals surface area (Å²) in [6.07, 6.45) is 0. The van der Waals surface area contributed by atoms with Crippen LogP contribution in [0.2, 0.25) is 0 Å². The molecule has 1 aromatic carbocycles. The quantitative estimate of drug-likeness (QED) is 0.325. The highest BCUT2D eigenvalue weighted by molar-refractivity contribution is 5.78. The van der Waals surface area contributed by atoms with Crippen molar-refractivity contribution >= 4 is 22.2 Å². The number of nitrogens with one attached hydrogen (secondary N) is 1. The van der Waals surface area contributed by atoms with Crippen molar-refractivity contribution in [1.29, 1.82) is 0 Å². The first-order valence-electron chi connectivity index (χ1n) is 5.21. The molecule has 0 bridgehead atoms. The minimum absolute atomic E-state index is 0.00296. The van der Waals surface area contributed by atoms with Gasteiger partial charge in [-0.3, -0.25) is 14.3 Å². The van der Waals surface area contributed by atoms with Gasteiger partial charge in [0, 0.05) is 13.1 Å². The molecule has 7 heteroatoms. The number of aromatic amines is 1. The summed E-state index contributed by atoms with van der Waals surface area (Å²) in [4.78, 5) is 29.9. The number of rotatable bonds is 0. The van der Waals surface area contributed by atoms with Crippen molar-refractivity contribution in [2.75, 3.05) is 0 Å². The predicted molar refractivity (Wildman–Crippen MR) is 64.1 cm³/mol. The molecule has 0 unspecified atom stereocenters. The van der Waals surface area contributed by atoms with E-state index in [2.05, 4.69) is 9.97 Å². The van der Waals surface area contributed by atoms with Crippen molar-refractivity contribution < 1.29 is 4.73 Å². The average molecular weight is 244 g/mol. The molecular formula is C11H8N4O3. The molecule has 0 spiro atoms. The maximum atomic E-state index is 12.1. The molecule has 0 aliphatic carbocycles. The molecule has 2 aromatic heterocycles. The second-order valence-corrected chi connectivity index (χ2v) is 3.89. The van der Waals surface area contributed by atoms with Gasteiger partial charge in [0.2, 0.25) is 11.2 Å². The Morgan fingerprint density at radius 1 is 1.33 bits per heavy atom. The molecule has 1 N–H and O–H groups in total. The van der Waals surface area contributed by atoms with Gasteiger partial charge in [-0.05, 0) is 6.07 Å². The highest BCUT2D eigenvalue weighted by atomic mass is 16.5. The molecule has 7 nitrogen and oxygen atoms in total.